The number of anilines is 1. The Kier molecular flexibility index (Phi) is 4.36. The number of carbonyl (C=O) groups is 1. The van der Waals surface area contributed by atoms with Gasteiger partial charge in [-0.25, -0.2) is 0 Å². The molecule has 1 heterocycles. The summed E-state index contributed by atoms with van der Waals surface area (Å²) in [5.41, 5.74) is 0.664. The molecule has 2 rings (SSSR count). The van der Waals surface area contributed by atoms with Crippen LogP contribution in [-0.4, -0.2) is 21.9 Å². The Bertz CT molecular complexity index is 536. The van der Waals surface area contributed by atoms with E-state index in [1.165, 1.54) is 0 Å². The lowest BCUT2D eigenvalue weighted by Crippen LogP contribution is -2.30. The van der Waals surface area contributed by atoms with E-state index in [1.807, 2.05) is 13.0 Å². The summed E-state index contributed by atoms with van der Waals surface area (Å²) in [7, 11) is -4.00. The Morgan fingerprint density at radius 3 is 2.89 bits per heavy atom. The largest absolute Gasteiger partial charge is 0.351 e. The second-order valence-corrected chi connectivity index (χ2v) is 7.70. The average Bonchev–Trinajstić information content (AvgIpc) is 2.37. The van der Waals surface area contributed by atoms with Crippen molar-refractivity contribution in [2.75, 3.05) is 5.32 Å². The van der Waals surface area contributed by atoms with Crippen LogP contribution < -0.4 is 5.32 Å². The molecule has 0 radical (unpaired) electrons. The quantitative estimate of drug-likeness (QED) is 0.836. The number of nitrogens with one attached hydrogen (secondary N) is 1. The lowest BCUT2D eigenvalue weighted by molar-refractivity contribution is -0.114. The molecule has 0 aliphatic carbocycles. The highest BCUT2D eigenvalue weighted by Gasteiger charge is 2.43. The van der Waals surface area contributed by atoms with Gasteiger partial charge in [-0.2, -0.15) is 0 Å². The van der Waals surface area contributed by atoms with Crippen molar-refractivity contribution in [1.29, 1.82) is 0 Å². The number of para-hydroxylation sites is 1. The Morgan fingerprint density at radius 2 is 2.21 bits per heavy atom. The van der Waals surface area contributed by atoms with Crippen LogP contribution in [0, 0.1) is 0 Å². The zero-order valence-electron chi connectivity index (χ0n) is 10.7. The molecule has 0 spiro atoms. The molecule has 3 unspecified atom stereocenters. The predicted octanol–water partition coefficient (Wildman–Crippen LogP) is 3.06. The van der Waals surface area contributed by atoms with Gasteiger partial charge in [-0.15, -0.1) is 0 Å². The van der Waals surface area contributed by atoms with Crippen LogP contribution in [-0.2, 0) is 13.9 Å². The van der Waals surface area contributed by atoms with Crippen LogP contribution >= 0.6 is 19.4 Å². The lowest BCUT2D eigenvalue weighted by atomic mass is 10.3. The van der Waals surface area contributed by atoms with Gasteiger partial charge in [0.1, 0.15) is 0 Å². The van der Waals surface area contributed by atoms with E-state index in [2.05, 4.69) is 5.32 Å². The van der Waals surface area contributed by atoms with Gasteiger partial charge < -0.3 is 14.7 Å². The molecule has 0 fully saturated rings. The van der Waals surface area contributed by atoms with Crippen molar-refractivity contribution in [1.82, 2.24) is 0 Å². The summed E-state index contributed by atoms with van der Waals surface area (Å²) < 4.78 is 17.4. The number of hydrogen-bond donors (Lipinski definition) is 2. The third kappa shape index (κ3) is 3.20. The standard InChI is InChI=1S/C12H16NO4PS/c1-3-8(2)17-18(15,16)12-11(14)13-9-6-4-5-7-10(9)19-12/h4-8,12H,3H2,1-2H3,(H,13,14)(H,15,16). The Balaban J connectivity index is 2.22. The van der Waals surface area contributed by atoms with Crippen molar-refractivity contribution in [2.24, 2.45) is 0 Å². The summed E-state index contributed by atoms with van der Waals surface area (Å²) in [5, 5.41) is 2.64. The molecular formula is C12H16NO4PS. The summed E-state index contributed by atoms with van der Waals surface area (Å²) in [6.07, 6.45) is 0.251. The normalized spacial score (nSPS) is 23.1. The summed E-state index contributed by atoms with van der Waals surface area (Å²) >= 11 is 1.07. The number of amides is 1. The molecule has 5 nitrogen and oxygen atoms in total. The van der Waals surface area contributed by atoms with E-state index >= 15 is 0 Å². The SMILES string of the molecule is CCC(C)OP(=O)(O)C1Sc2ccccc2NC1=O. The van der Waals surface area contributed by atoms with Gasteiger partial charge in [0.2, 0.25) is 5.91 Å². The maximum Gasteiger partial charge on any atom is 0.351 e. The van der Waals surface area contributed by atoms with Crippen molar-refractivity contribution in [3.05, 3.63) is 24.3 Å². The highest BCUT2D eigenvalue weighted by molar-refractivity contribution is 8.06. The van der Waals surface area contributed by atoms with E-state index in [-0.39, 0.29) is 6.10 Å². The minimum Gasteiger partial charge on any atom is -0.324 e. The zero-order chi connectivity index (χ0) is 14.0. The molecule has 0 bridgehead atoms. The summed E-state index contributed by atoms with van der Waals surface area (Å²) in [6, 6.07) is 7.18. The smallest absolute Gasteiger partial charge is 0.324 e. The highest BCUT2D eigenvalue weighted by Crippen LogP contribution is 2.57. The van der Waals surface area contributed by atoms with Gasteiger partial charge in [0.15, 0.2) is 4.99 Å². The maximum absolute atomic E-state index is 12.2. The number of fused-ring (bicyclic) bond motifs is 1. The molecule has 2 N–H and O–H groups in total. The second kappa shape index (κ2) is 5.67. The number of hydrogen-bond acceptors (Lipinski definition) is 4. The van der Waals surface area contributed by atoms with E-state index < -0.39 is 18.5 Å². The minimum absolute atomic E-state index is 0.360. The monoisotopic (exact) mass is 301 g/mol. The first kappa shape index (κ1) is 14.6. The van der Waals surface area contributed by atoms with Crippen molar-refractivity contribution in [3.63, 3.8) is 0 Å². The number of thioether (sulfide) groups is 1. The number of benzene rings is 1. The molecule has 0 aromatic heterocycles. The van der Waals surface area contributed by atoms with Crippen LogP contribution in [0.5, 0.6) is 0 Å². The molecule has 104 valence electrons. The van der Waals surface area contributed by atoms with Crippen LogP contribution in [0.25, 0.3) is 0 Å². The topological polar surface area (TPSA) is 75.6 Å². The van der Waals surface area contributed by atoms with Gasteiger partial charge in [-0.3, -0.25) is 9.36 Å². The Morgan fingerprint density at radius 1 is 1.53 bits per heavy atom. The van der Waals surface area contributed by atoms with Crippen LogP contribution in [0.15, 0.2) is 29.2 Å². The number of rotatable bonds is 4. The van der Waals surface area contributed by atoms with Gasteiger partial charge in [0, 0.05) is 4.90 Å². The lowest BCUT2D eigenvalue weighted by Gasteiger charge is -2.28. The molecule has 7 heteroatoms. The minimum atomic E-state index is -4.00. The van der Waals surface area contributed by atoms with Gasteiger partial charge in [-0.1, -0.05) is 30.8 Å². The molecule has 0 saturated carbocycles. The number of carbonyl (C=O) groups excluding carboxylic acids is 1. The van der Waals surface area contributed by atoms with Gasteiger partial charge in [0.05, 0.1) is 11.8 Å². The predicted molar refractivity (Wildman–Crippen MR) is 75.4 cm³/mol. The zero-order valence-corrected chi connectivity index (χ0v) is 12.4. The van der Waals surface area contributed by atoms with Crippen molar-refractivity contribution >= 4 is 31.0 Å². The molecule has 1 aliphatic heterocycles. The fraction of sp³-hybridized carbons (Fsp3) is 0.417. The molecule has 0 saturated heterocycles. The Hall–Kier alpha value is -0.810. The fourth-order valence-electron chi connectivity index (χ4n) is 1.64. The first-order valence-corrected chi connectivity index (χ1v) is 8.54. The van der Waals surface area contributed by atoms with Crippen LogP contribution in [0.1, 0.15) is 20.3 Å². The molecule has 1 aromatic carbocycles. The Labute approximate surface area is 116 Å². The van der Waals surface area contributed by atoms with Crippen LogP contribution in [0.3, 0.4) is 0 Å². The van der Waals surface area contributed by atoms with Crippen molar-refractivity contribution < 1.29 is 18.8 Å². The highest BCUT2D eigenvalue weighted by atomic mass is 32.2. The van der Waals surface area contributed by atoms with Crippen molar-refractivity contribution in [3.8, 4) is 0 Å². The third-order valence-electron chi connectivity index (χ3n) is 2.81. The van der Waals surface area contributed by atoms with Gasteiger partial charge in [0.25, 0.3) is 0 Å². The van der Waals surface area contributed by atoms with E-state index in [0.29, 0.717) is 12.1 Å². The second-order valence-electron chi connectivity index (χ2n) is 4.34. The molecule has 1 amide bonds. The summed E-state index contributed by atoms with van der Waals surface area (Å²) in [6.45, 7) is 3.57. The van der Waals surface area contributed by atoms with E-state index in [0.717, 1.165) is 16.7 Å². The summed E-state index contributed by atoms with van der Waals surface area (Å²) in [5.74, 6) is -0.488. The molecule has 3 atom stereocenters. The van der Waals surface area contributed by atoms with E-state index in [9.17, 15) is 14.3 Å². The molecular weight excluding hydrogens is 285 g/mol. The van der Waals surface area contributed by atoms with Crippen LogP contribution in [0.4, 0.5) is 5.69 Å². The summed E-state index contributed by atoms with van der Waals surface area (Å²) in [4.78, 5) is 21.6. The van der Waals surface area contributed by atoms with Crippen LogP contribution in [0.2, 0.25) is 0 Å². The maximum atomic E-state index is 12.2. The molecule has 19 heavy (non-hydrogen) atoms. The average molecular weight is 301 g/mol. The first-order valence-electron chi connectivity index (χ1n) is 6.01. The van der Waals surface area contributed by atoms with E-state index in [1.54, 1.807) is 25.1 Å². The van der Waals surface area contributed by atoms with Gasteiger partial charge >= 0.3 is 7.60 Å². The molecule has 1 aliphatic rings. The van der Waals surface area contributed by atoms with Crippen molar-refractivity contribution in [2.45, 2.75) is 36.3 Å². The third-order valence-corrected chi connectivity index (χ3v) is 6.46. The van der Waals surface area contributed by atoms with Gasteiger partial charge in [-0.05, 0) is 25.5 Å². The fourth-order valence-corrected chi connectivity index (χ4v) is 4.61. The molecule has 1 aromatic rings. The first-order chi connectivity index (χ1) is 8.94. The van der Waals surface area contributed by atoms with E-state index in [4.69, 9.17) is 4.52 Å².